The van der Waals surface area contributed by atoms with E-state index in [2.05, 4.69) is 65.6 Å². The summed E-state index contributed by atoms with van der Waals surface area (Å²) in [5, 5.41) is 0. The van der Waals surface area contributed by atoms with Gasteiger partial charge in [0.15, 0.2) is 0 Å². The van der Waals surface area contributed by atoms with Gasteiger partial charge in [0.05, 0.1) is 9.47 Å². The molecule has 2 aromatic rings. The first-order chi connectivity index (χ1) is 12.7. The molecule has 0 amide bonds. The maximum absolute atomic E-state index is 5.44. The van der Waals surface area contributed by atoms with Crippen LogP contribution in [0.2, 0.25) is 0 Å². The molecule has 2 unspecified atom stereocenters. The summed E-state index contributed by atoms with van der Waals surface area (Å²) in [4.78, 5) is 0. The van der Waals surface area contributed by atoms with Gasteiger partial charge in [-0.15, -0.1) is 0 Å². The molecule has 0 spiro atoms. The van der Waals surface area contributed by atoms with Crippen LogP contribution in [0.1, 0.15) is 42.0 Å². The fraction of sp³-hybridized carbons (Fsp3) is 0.167. The molecule has 0 aromatic heterocycles. The first-order valence-corrected chi connectivity index (χ1v) is 9.27. The fourth-order valence-corrected chi connectivity index (χ4v) is 3.27. The molecule has 0 N–H and O–H groups in total. The van der Waals surface area contributed by atoms with Crippen LogP contribution in [-0.2, 0) is 0 Å². The second-order valence-corrected chi connectivity index (χ2v) is 5.76. The predicted molar refractivity (Wildman–Crippen MR) is 120 cm³/mol. The molecule has 2 aromatic carbocycles. The van der Waals surface area contributed by atoms with Crippen LogP contribution >= 0.6 is 9.47 Å². The molecule has 0 aliphatic heterocycles. The standard InChI is InChI=1S/C22H23OP.C2H6/c1-5-11-17(6-2)21(19-12-9-8-10-13-19)20-14-16(4)22(23-24)18(7-3)15-20;1-2/h5-15,21H,1-3,24H2,4H3;1-2H3/b17-11+;. The quantitative estimate of drug-likeness (QED) is 0.371. The topological polar surface area (TPSA) is 9.23 Å². The van der Waals surface area contributed by atoms with Gasteiger partial charge in [-0.25, -0.2) is 0 Å². The highest BCUT2D eigenvalue weighted by Crippen LogP contribution is 2.37. The molecular formula is C24H29OP. The average molecular weight is 364 g/mol. The van der Waals surface area contributed by atoms with Crippen LogP contribution in [0.4, 0.5) is 0 Å². The van der Waals surface area contributed by atoms with Crippen LogP contribution in [0.15, 0.2) is 86.0 Å². The fourth-order valence-electron chi connectivity index (χ4n) is 2.95. The lowest BCUT2D eigenvalue weighted by Gasteiger charge is -2.22. The molecule has 2 heteroatoms. The third-order valence-corrected chi connectivity index (χ3v) is 4.24. The van der Waals surface area contributed by atoms with E-state index in [0.717, 1.165) is 22.4 Å². The Morgan fingerprint density at radius 2 is 1.69 bits per heavy atom. The van der Waals surface area contributed by atoms with Crippen molar-refractivity contribution in [1.29, 1.82) is 0 Å². The van der Waals surface area contributed by atoms with E-state index in [0.29, 0.717) is 0 Å². The molecule has 0 fully saturated rings. The number of hydrogen-bond donors (Lipinski definition) is 0. The summed E-state index contributed by atoms with van der Waals surface area (Å²) in [6, 6.07) is 14.7. The van der Waals surface area contributed by atoms with E-state index in [1.54, 1.807) is 6.08 Å². The van der Waals surface area contributed by atoms with Gasteiger partial charge in [0.1, 0.15) is 5.75 Å². The first-order valence-electron chi connectivity index (χ1n) is 8.80. The number of benzene rings is 2. The molecule has 2 rings (SSSR count). The largest absolute Gasteiger partial charge is 0.479 e. The zero-order valence-corrected chi connectivity index (χ0v) is 17.2. The summed E-state index contributed by atoms with van der Waals surface area (Å²) in [7, 11) is 2.31. The highest BCUT2D eigenvalue weighted by Gasteiger charge is 2.19. The van der Waals surface area contributed by atoms with E-state index in [1.165, 1.54) is 11.1 Å². The SMILES string of the molecule is C=C/C=C(\C=C)C(c1ccccc1)c1cc(C)c(OP)c(C=C)c1.CC. The number of aryl methyl sites for hydroxylation is 1. The highest BCUT2D eigenvalue weighted by atomic mass is 31.0. The summed E-state index contributed by atoms with van der Waals surface area (Å²) in [5.41, 5.74) is 5.53. The van der Waals surface area contributed by atoms with Gasteiger partial charge in [0.25, 0.3) is 0 Å². The van der Waals surface area contributed by atoms with Gasteiger partial charge >= 0.3 is 0 Å². The van der Waals surface area contributed by atoms with E-state index >= 15 is 0 Å². The summed E-state index contributed by atoms with van der Waals surface area (Å²) in [5.74, 6) is 0.913. The summed E-state index contributed by atoms with van der Waals surface area (Å²) in [6.45, 7) is 17.8. The van der Waals surface area contributed by atoms with Gasteiger partial charge in [0, 0.05) is 11.5 Å². The second-order valence-electron chi connectivity index (χ2n) is 5.53. The molecule has 0 aliphatic carbocycles. The third-order valence-electron chi connectivity index (χ3n) is 4.01. The van der Waals surface area contributed by atoms with Crippen molar-refractivity contribution < 1.29 is 4.52 Å². The van der Waals surface area contributed by atoms with Crippen LogP contribution in [0, 0.1) is 6.92 Å². The van der Waals surface area contributed by atoms with Crippen molar-refractivity contribution in [2.75, 3.05) is 0 Å². The summed E-state index contributed by atoms with van der Waals surface area (Å²) < 4.78 is 5.44. The Bertz CT molecular complexity index is 772. The highest BCUT2D eigenvalue weighted by molar-refractivity contribution is 7.10. The Balaban J connectivity index is 0.00000163. The smallest absolute Gasteiger partial charge is 0.132 e. The van der Waals surface area contributed by atoms with Gasteiger partial charge in [-0.1, -0.05) is 94.3 Å². The Kier molecular flexibility index (Phi) is 9.41. The molecular weight excluding hydrogens is 335 g/mol. The minimum Gasteiger partial charge on any atom is -0.479 e. The molecule has 26 heavy (non-hydrogen) atoms. The Labute approximate surface area is 161 Å². The normalized spacial score (nSPS) is 11.6. The van der Waals surface area contributed by atoms with Crippen LogP contribution in [0.5, 0.6) is 5.75 Å². The van der Waals surface area contributed by atoms with Gasteiger partial charge < -0.3 is 4.52 Å². The number of allylic oxidation sites excluding steroid dienone is 4. The first kappa shape index (κ1) is 21.7. The zero-order chi connectivity index (χ0) is 19.5. The Hall–Kier alpha value is -2.37. The lowest BCUT2D eigenvalue weighted by molar-refractivity contribution is 0.637. The second kappa shape index (κ2) is 11.3. The lowest BCUT2D eigenvalue weighted by atomic mass is 9.83. The van der Waals surface area contributed by atoms with Crippen LogP contribution < -0.4 is 4.52 Å². The van der Waals surface area contributed by atoms with Crippen molar-refractivity contribution in [3.63, 3.8) is 0 Å². The molecule has 1 nitrogen and oxygen atoms in total. The zero-order valence-electron chi connectivity index (χ0n) is 16.0. The van der Waals surface area contributed by atoms with Gasteiger partial charge in [0.2, 0.25) is 0 Å². The number of rotatable bonds is 7. The van der Waals surface area contributed by atoms with E-state index in [1.807, 2.05) is 45.1 Å². The third kappa shape index (κ3) is 5.07. The summed E-state index contributed by atoms with van der Waals surface area (Å²) >= 11 is 0. The summed E-state index contributed by atoms with van der Waals surface area (Å²) in [6.07, 6.45) is 7.52. The predicted octanol–water partition coefficient (Wildman–Crippen LogP) is 7.26. The van der Waals surface area contributed by atoms with Crippen molar-refractivity contribution in [3.8, 4) is 5.75 Å². The van der Waals surface area contributed by atoms with Crippen LogP contribution in [-0.4, -0.2) is 0 Å². The van der Waals surface area contributed by atoms with Crippen molar-refractivity contribution in [2.24, 2.45) is 0 Å². The molecule has 0 saturated carbocycles. The van der Waals surface area contributed by atoms with Crippen molar-refractivity contribution in [1.82, 2.24) is 0 Å². The maximum Gasteiger partial charge on any atom is 0.132 e. The number of hydrogen-bond acceptors (Lipinski definition) is 1. The molecule has 0 bridgehead atoms. The van der Waals surface area contributed by atoms with Crippen molar-refractivity contribution >= 4 is 15.5 Å². The minimum atomic E-state index is 0.0812. The van der Waals surface area contributed by atoms with Gasteiger partial charge in [-0.3, -0.25) is 0 Å². The Morgan fingerprint density at radius 1 is 1.04 bits per heavy atom. The molecule has 0 radical (unpaired) electrons. The van der Waals surface area contributed by atoms with Crippen LogP contribution in [0.25, 0.3) is 6.08 Å². The van der Waals surface area contributed by atoms with E-state index in [4.69, 9.17) is 4.52 Å². The lowest BCUT2D eigenvalue weighted by Crippen LogP contribution is -2.05. The maximum atomic E-state index is 5.44. The van der Waals surface area contributed by atoms with E-state index < -0.39 is 0 Å². The van der Waals surface area contributed by atoms with Gasteiger partial charge in [-0.05, 0) is 35.3 Å². The minimum absolute atomic E-state index is 0.0812. The molecule has 136 valence electrons. The average Bonchev–Trinajstić information content (AvgIpc) is 2.69. The Morgan fingerprint density at radius 3 is 2.19 bits per heavy atom. The monoisotopic (exact) mass is 364 g/mol. The molecule has 0 heterocycles. The van der Waals surface area contributed by atoms with E-state index in [9.17, 15) is 0 Å². The van der Waals surface area contributed by atoms with E-state index in [-0.39, 0.29) is 5.92 Å². The van der Waals surface area contributed by atoms with Crippen molar-refractivity contribution in [2.45, 2.75) is 26.7 Å². The molecule has 0 saturated heterocycles. The molecule has 0 aliphatic rings. The van der Waals surface area contributed by atoms with Crippen molar-refractivity contribution in [3.05, 3.63) is 108 Å². The van der Waals surface area contributed by atoms with Crippen LogP contribution in [0.3, 0.4) is 0 Å². The molecule has 2 atom stereocenters. The van der Waals surface area contributed by atoms with Gasteiger partial charge in [-0.2, -0.15) is 0 Å².